The van der Waals surface area contributed by atoms with E-state index in [4.69, 9.17) is 0 Å². The van der Waals surface area contributed by atoms with E-state index in [1.54, 1.807) is 6.08 Å². The summed E-state index contributed by atoms with van der Waals surface area (Å²) in [6, 6.07) is 0.591. The zero-order valence-electron chi connectivity index (χ0n) is 11.7. The molecule has 0 aliphatic carbocycles. The summed E-state index contributed by atoms with van der Waals surface area (Å²) in [4.78, 5) is 2.07. The highest BCUT2D eigenvalue weighted by Crippen LogP contribution is 2.40. The van der Waals surface area contributed by atoms with Crippen molar-refractivity contribution in [3.63, 3.8) is 0 Å². The number of rotatable bonds is 5. The van der Waals surface area contributed by atoms with Crippen LogP contribution in [0.5, 0.6) is 5.75 Å². The minimum absolute atomic E-state index is 0.0330. The van der Waals surface area contributed by atoms with E-state index in [9.17, 15) is 13.9 Å². The molecule has 1 aromatic carbocycles. The Kier molecular flexibility index (Phi) is 5.72. The fraction of sp³-hybridized carbons (Fsp3) is 0.467. The van der Waals surface area contributed by atoms with E-state index in [1.807, 2.05) is 0 Å². The molecule has 1 aliphatic heterocycles. The van der Waals surface area contributed by atoms with Crippen LogP contribution in [0, 0.1) is 11.6 Å². The molecule has 21 heavy (non-hydrogen) atoms. The smallest absolute Gasteiger partial charge is 0.167 e. The molecule has 0 radical (unpaired) electrons. The van der Waals surface area contributed by atoms with Gasteiger partial charge >= 0.3 is 0 Å². The molecule has 6 heteroatoms. The van der Waals surface area contributed by atoms with Gasteiger partial charge in [0.1, 0.15) is 5.75 Å². The minimum Gasteiger partial charge on any atom is -0.506 e. The summed E-state index contributed by atoms with van der Waals surface area (Å²) in [5.74, 6) is -2.14. The summed E-state index contributed by atoms with van der Waals surface area (Å²) in [5.41, 5.74) is 0.0330. The van der Waals surface area contributed by atoms with Crippen LogP contribution in [0.4, 0.5) is 8.78 Å². The maximum Gasteiger partial charge on any atom is 0.167 e. The van der Waals surface area contributed by atoms with E-state index in [-0.39, 0.29) is 21.8 Å². The number of nitrogens with one attached hydrogen (secondary N) is 1. The average molecular weight is 361 g/mol. The number of nitrogens with zero attached hydrogens (tertiary/aromatic N) is 1. The average Bonchev–Trinajstić information content (AvgIpc) is 2.49. The van der Waals surface area contributed by atoms with Crippen molar-refractivity contribution >= 4 is 15.9 Å². The first-order valence-electron chi connectivity index (χ1n) is 6.98. The molecule has 1 aliphatic rings. The Balaban J connectivity index is 2.42. The molecule has 2 rings (SSSR count). The molecule has 2 N–H and O–H groups in total. The second kappa shape index (κ2) is 7.33. The highest BCUT2D eigenvalue weighted by atomic mass is 79.9. The highest BCUT2D eigenvalue weighted by Gasteiger charge is 2.29. The molecule has 0 bridgehead atoms. The maximum atomic E-state index is 14.3. The fourth-order valence-electron chi connectivity index (χ4n) is 2.69. The molecule has 1 atom stereocenters. The fourth-order valence-corrected chi connectivity index (χ4v) is 3.10. The van der Waals surface area contributed by atoms with Crippen molar-refractivity contribution in [3.8, 4) is 5.75 Å². The van der Waals surface area contributed by atoms with Gasteiger partial charge in [0.05, 0.1) is 10.0 Å². The molecule has 116 valence electrons. The van der Waals surface area contributed by atoms with Gasteiger partial charge in [-0.1, -0.05) is 6.08 Å². The van der Waals surface area contributed by atoms with Crippen molar-refractivity contribution < 1.29 is 13.9 Å². The number of benzene rings is 1. The first kappa shape index (κ1) is 16.4. The van der Waals surface area contributed by atoms with Crippen LogP contribution in [0.2, 0.25) is 0 Å². The van der Waals surface area contributed by atoms with Crippen LogP contribution in [0.25, 0.3) is 0 Å². The largest absolute Gasteiger partial charge is 0.506 e. The number of piperazine rings is 1. The van der Waals surface area contributed by atoms with Crippen LogP contribution in [0.3, 0.4) is 0 Å². The van der Waals surface area contributed by atoms with Crippen LogP contribution in [-0.4, -0.2) is 36.2 Å². The third-order valence-corrected chi connectivity index (χ3v) is 4.36. The molecule has 0 spiro atoms. The van der Waals surface area contributed by atoms with Crippen LogP contribution in [-0.2, 0) is 0 Å². The van der Waals surface area contributed by atoms with Gasteiger partial charge in [-0.2, -0.15) is 0 Å². The zero-order chi connectivity index (χ0) is 15.4. The molecule has 0 saturated carbocycles. The van der Waals surface area contributed by atoms with Crippen molar-refractivity contribution in [1.82, 2.24) is 10.2 Å². The molecule has 0 amide bonds. The van der Waals surface area contributed by atoms with E-state index in [0.717, 1.165) is 32.2 Å². The molecule has 1 fully saturated rings. The Hall–Kier alpha value is -0.980. The second-order valence-electron chi connectivity index (χ2n) is 5.08. The summed E-state index contributed by atoms with van der Waals surface area (Å²) in [6.07, 6.45) is 3.00. The lowest BCUT2D eigenvalue weighted by atomic mass is 9.97. The van der Waals surface area contributed by atoms with E-state index >= 15 is 0 Å². The van der Waals surface area contributed by atoms with E-state index in [1.165, 1.54) is 0 Å². The van der Waals surface area contributed by atoms with Crippen LogP contribution in [0.15, 0.2) is 23.2 Å². The highest BCUT2D eigenvalue weighted by molar-refractivity contribution is 9.10. The van der Waals surface area contributed by atoms with Gasteiger partial charge in [-0.15, -0.1) is 6.58 Å². The Bertz CT molecular complexity index is 493. The van der Waals surface area contributed by atoms with Crippen LogP contribution >= 0.6 is 15.9 Å². The third-order valence-electron chi connectivity index (χ3n) is 3.75. The normalized spacial score (nSPS) is 17.7. The number of hydrogen-bond donors (Lipinski definition) is 2. The van der Waals surface area contributed by atoms with Gasteiger partial charge in [-0.25, -0.2) is 8.78 Å². The quantitative estimate of drug-likeness (QED) is 0.624. The number of allylic oxidation sites excluding steroid dienone is 1. The number of phenolic OH excluding ortho intramolecular Hbond substituents is 1. The maximum absolute atomic E-state index is 14.3. The van der Waals surface area contributed by atoms with Crippen molar-refractivity contribution in [2.45, 2.75) is 18.9 Å². The van der Waals surface area contributed by atoms with Gasteiger partial charge in [-0.05, 0) is 34.8 Å². The molecule has 3 nitrogen and oxygen atoms in total. The number of halogens is 3. The van der Waals surface area contributed by atoms with Crippen molar-refractivity contribution in [1.29, 1.82) is 0 Å². The molecule has 1 saturated heterocycles. The molecule has 0 aromatic heterocycles. The van der Waals surface area contributed by atoms with E-state index in [0.29, 0.717) is 12.8 Å². The monoisotopic (exact) mass is 360 g/mol. The lowest BCUT2D eigenvalue weighted by Crippen LogP contribution is -2.45. The zero-order valence-corrected chi connectivity index (χ0v) is 13.3. The first-order chi connectivity index (χ1) is 10.1. The summed E-state index contributed by atoms with van der Waals surface area (Å²) in [5, 5.41) is 13.4. The van der Waals surface area contributed by atoms with Crippen molar-refractivity contribution in [3.05, 3.63) is 40.4 Å². The number of hydrogen-bond acceptors (Lipinski definition) is 3. The van der Waals surface area contributed by atoms with Crippen molar-refractivity contribution in [2.24, 2.45) is 0 Å². The lowest BCUT2D eigenvalue weighted by molar-refractivity contribution is 0.159. The Morgan fingerprint density at radius 2 is 2.10 bits per heavy atom. The third kappa shape index (κ3) is 3.62. The minimum atomic E-state index is -0.969. The standard InChI is InChI=1S/C15H19BrF2N2O/c1-2-3-4-12(20-7-5-19-6-8-20)13-14(18)11(17)9-10(16)15(13)21/h2,9,12,19,21H,1,3-8H2/t12-/m1/s1. The Morgan fingerprint density at radius 1 is 1.43 bits per heavy atom. The van der Waals surface area contributed by atoms with Gasteiger partial charge < -0.3 is 10.4 Å². The number of aromatic hydroxyl groups is 1. The topological polar surface area (TPSA) is 35.5 Å². The van der Waals surface area contributed by atoms with E-state index < -0.39 is 11.6 Å². The summed E-state index contributed by atoms with van der Waals surface area (Å²) in [7, 11) is 0. The van der Waals surface area contributed by atoms with Gasteiger partial charge in [0.15, 0.2) is 11.6 Å². The first-order valence-corrected chi connectivity index (χ1v) is 7.77. The summed E-state index contributed by atoms with van der Waals surface area (Å²) in [6.45, 7) is 6.73. The van der Waals surface area contributed by atoms with Crippen molar-refractivity contribution in [2.75, 3.05) is 26.2 Å². The lowest BCUT2D eigenvalue weighted by Gasteiger charge is -2.35. The van der Waals surface area contributed by atoms with Gasteiger partial charge in [0.25, 0.3) is 0 Å². The van der Waals surface area contributed by atoms with Crippen LogP contribution in [0.1, 0.15) is 24.4 Å². The molecule has 1 aromatic rings. The molecule has 0 unspecified atom stereocenters. The van der Waals surface area contributed by atoms with Gasteiger partial charge in [-0.3, -0.25) is 4.90 Å². The summed E-state index contributed by atoms with van der Waals surface area (Å²) < 4.78 is 28.1. The summed E-state index contributed by atoms with van der Waals surface area (Å²) >= 11 is 3.08. The predicted octanol–water partition coefficient (Wildman–Crippen LogP) is 3.35. The molecule has 1 heterocycles. The number of phenols is 1. The second-order valence-corrected chi connectivity index (χ2v) is 5.94. The predicted molar refractivity (Wildman–Crippen MR) is 82.3 cm³/mol. The molecular weight excluding hydrogens is 342 g/mol. The van der Waals surface area contributed by atoms with Gasteiger partial charge in [0, 0.05) is 32.2 Å². The van der Waals surface area contributed by atoms with E-state index in [2.05, 4.69) is 32.7 Å². The SMILES string of the molecule is C=CCC[C@H](c1c(O)c(Br)cc(F)c1F)N1CCNCC1. The Labute approximate surface area is 131 Å². The van der Waals surface area contributed by atoms with Gasteiger partial charge in [0.2, 0.25) is 0 Å². The van der Waals surface area contributed by atoms with Crippen LogP contribution < -0.4 is 5.32 Å². The molecular formula is C15H19BrF2N2O. The Morgan fingerprint density at radius 3 is 2.71 bits per heavy atom.